The molecule has 0 bridgehead atoms. The number of hydrogen-bond acceptors (Lipinski definition) is 3. The lowest BCUT2D eigenvalue weighted by Crippen LogP contribution is -2.09. The zero-order chi connectivity index (χ0) is 10.2. The van der Waals surface area contributed by atoms with Gasteiger partial charge in [0.1, 0.15) is 0 Å². The lowest BCUT2D eigenvalue weighted by atomic mass is 10.5. The van der Waals surface area contributed by atoms with Crippen molar-refractivity contribution in [3.05, 3.63) is 0 Å². The SMILES string of the molecule is CCCP(=O)(CCCN)CCCN. The van der Waals surface area contributed by atoms with Crippen LogP contribution in [0, 0.1) is 0 Å². The summed E-state index contributed by atoms with van der Waals surface area (Å²) in [5.74, 6) is 0. The van der Waals surface area contributed by atoms with Gasteiger partial charge in [0.05, 0.1) is 7.14 Å². The normalized spacial score (nSPS) is 11.9. The Kier molecular flexibility index (Phi) is 7.63. The predicted octanol–water partition coefficient (Wildman–Crippen LogP) is 1.46. The molecular weight excluding hydrogens is 183 g/mol. The second-order valence-corrected chi connectivity index (χ2v) is 6.97. The molecule has 4 N–H and O–H groups in total. The predicted molar refractivity (Wildman–Crippen MR) is 59.8 cm³/mol. The van der Waals surface area contributed by atoms with Gasteiger partial charge in [-0.2, -0.15) is 0 Å². The van der Waals surface area contributed by atoms with Crippen LogP contribution in [0.25, 0.3) is 0 Å². The lowest BCUT2D eigenvalue weighted by Gasteiger charge is -2.16. The van der Waals surface area contributed by atoms with E-state index in [-0.39, 0.29) is 0 Å². The van der Waals surface area contributed by atoms with Crippen LogP contribution in [0.15, 0.2) is 0 Å². The Balaban J connectivity index is 3.92. The van der Waals surface area contributed by atoms with Gasteiger partial charge < -0.3 is 16.0 Å². The Morgan fingerprint density at radius 1 is 1.00 bits per heavy atom. The molecule has 0 rings (SSSR count). The van der Waals surface area contributed by atoms with Crippen LogP contribution >= 0.6 is 7.14 Å². The zero-order valence-electron chi connectivity index (χ0n) is 8.67. The van der Waals surface area contributed by atoms with E-state index in [4.69, 9.17) is 11.5 Å². The molecule has 0 spiro atoms. The van der Waals surface area contributed by atoms with Crippen LogP contribution in [0.3, 0.4) is 0 Å². The van der Waals surface area contributed by atoms with Crippen LogP contribution in [0.1, 0.15) is 26.2 Å². The maximum atomic E-state index is 12.2. The molecule has 80 valence electrons. The molecule has 0 fully saturated rings. The Morgan fingerprint density at radius 3 is 1.77 bits per heavy atom. The van der Waals surface area contributed by atoms with Gasteiger partial charge in [0.25, 0.3) is 0 Å². The van der Waals surface area contributed by atoms with Crippen molar-refractivity contribution in [1.82, 2.24) is 0 Å². The highest BCUT2D eigenvalue weighted by atomic mass is 31.2. The molecule has 0 aromatic heterocycles. The molecular formula is C9H23N2OP. The summed E-state index contributed by atoms with van der Waals surface area (Å²) in [6, 6.07) is 0. The summed E-state index contributed by atoms with van der Waals surface area (Å²) in [5, 5.41) is 0. The molecule has 0 radical (unpaired) electrons. The van der Waals surface area contributed by atoms with Gasteiger partial charge in [0.2, 0.25) is 0 Å². The Bertz CT molecular complexity index is 150. The molecule has 0 aliphatic rings. The summed E-state index contributed by atoms with van der Waals surface area (Å²) in [4.78, 5) is 0. The average molecular weight is 206 g/mol. The van der Waals surface area contributed by atoms with Gasteiger partial charge in [-0.3, -0.25) is 0 Å². The van der Waals surface area contributed by atoms with Crippen molar-refractivity contribution in [3.8, 4) is 0 Å². The van der Waals surface area contributed by atoms with E-state index >= 15 is 0 Å². The van der Waals surface area contributed by atoms with Gasteiger partial charge >= 0.3 is 0 Å². The van der Waals surface area contributed by atoms with Crippen LogP contribution in [0.5, 0.6) is 0 Å². The quantitative estimate of drug-likeness (QED) is 0.591. The standard InChI is InChI=1S/C9H23N2OP/c1-2-7-13(12,8-3-5-10)9-4-6-11/h2-11H2,1H3. The molecule has 0 unspecified atom stereocenters. The van der Waals surface area contributed by atoms with Gasteiger partial charge in [0, 0.05) is 18.5 Å². The lowest BCUT2D eigenvalue weighted by molar-refractivity contribution is 0.570. The van der Waals surface area contributed by atoms with Crippen LogP contribution < -0.4 is 11.5 Å². The minimum absolute atomic E-state index is 0.649. The van der Waals surface area contributed by atoms with Gasteiger partial charge in [-0.25, -0.2) is 0 Å². The van der Waals surface area contributed by atoms with E-state index in [0.29, 0.717) is 13.1 Å². The highest BCUT2D eigenvalue weighted by molar-refractivity contribution is 7.63. The minimum atomic E-state index is -1.91. The maximum Gasteiger partial charge on any atom is 0.0878 e. The molecule has 4 heteroatoms. The molecule has 3 nitrogen and oxygen atoms in total. The van der Waals surface area contributed by atoms with Gasteiger partial charge in [-0.1, -0.05) is 6.92 Å². The largest absolute Gasteiger partial charge is 0.330 e. The molecule has 0 aliphatic carbocycles. The first-order valence-corrected chi connectivity index (χ1v) is 7.42. The summed E-state index contributed by atoms with van der Waals surface area (Å²) in [6.07, 6.45) is 5.29. The van der Waals surface area contributed by atoms with Crippen LogP contribution in [0.2, 0.25) is 0 Å². The van der Waals surface area contributed by atoms with Crippen molar-refractivity contribution in [1.29, 1.82) is 0 Å². The Labute approximate surface area is 81.6 Å². The van der Waals surface area contributed by atoms with Gasteiger partial charge in [-0.15, -0.1) is 0 Å². The number of hydrogen-bond donors (Lipinski definition) is 2. The van der Waals surface area contributed by atoms with Gasteiger partial charge in [-0.05, 0) is 32.4 Å². The summed E-state index contributed by atoms with van der Waals surface area (Å²) in [7, 11) is -1.91. The molecule has 13 heavy (non-hydrogen) atoms. The third-order valence-corrected chi connectivity index (χ3v) is 5.70. The molecule has 0 atom stereocenters. The van der Waals surface area contributed by atoms with Crippen LogP contribution in [-0.2, 0) is 4.57 Å². The van der Waals surface area contributed by atoms with E-state index in [1.807, 2.05) is 0 Å². The average Bonchev–Trinajstić information content (AvgIpc) is 2.12. The fourth-order valence-electron chi connectivity index (χ4n) is 1.50. The molecule has 0 aromatic rings. The van der Waals surface area contributed by atoms with Crippen molar-refractivity contribution in [2.75, 3.05) is 31.6 Å². The summed E-state index contributed by atoms with van der Waals surface area (Å²) in [5.41, 5.74) is 10.8. The highest BCUT2D eigenvalue weighted by Crippen LogP contribution is 2.46. The smallest absolute Gasteiger partial charge is 0.0878 e. The Morgan fingerprint density at radius 2 is 1.46 bits per heavy atom. The molecule has 0 heterocycles. The summed E-state index contributed by atoms with van der Waals surface area (Å²) < 4.78 is 12.2. The van der Waals surface area contributed by atoms with Crippen molar-refractivity contribution >= 4 is 7.14 Å². The Hall–Kier alpha value is 0.150. The second-order valence-electron chi connectivity index (χ2n) is 3.51. The van der Waals surface area contributed by atoms with Crippen molar-refractivity contribution < 1.29 is 4.57 Å². The van der Waals surface area contributed by atoms with E-state index in [1.54, 1.807) is 0 Å². The summed E-state index contributed by atoms with van der Waals surface area (Å²) >= 11 is 0. The highest BCUT2D eigenvalue weighted by Gasteiger charge is 2.18. The van der Waals surface area contributed by atoms with E-state index < -0.39 is 7.14 Å². The molecule has 0 saturated carbocycles. The second kappa shape index (κ2) is 7.54. The number of rotatable bonds is 8. The zero-order valence-corrected chi connectivity index (χ0v) is 9.56. The van der Waals surface area contributed by atoms with E-state index in [9.17, 15) is 4.57 Å². The van der Waals surface area contributed by atoms with Crippen LogP contribution in [0.4, 0.5) is 0 Å². The molecule has 0 saturated heterocycles. The van der Waals surface area contributed by atoms with E-state index in [2.05, 4.69) is 6.92 Å². The van der Waals surface area contributed by atoms with E-state index in [0.717, 1.165) is 37.7 Å². The molecule has 0 aliphatic heterocycles. The maximum absolute atomic E-state index is 12.2. The van der Waals surface area contributed by atoms with E-state index in [1.165, 1.54) is 0 Å². The third kappa shape index (κ3) is 6.25. The monoisotopic (exact) mass is 206 g/mol. The molecule has 0 amide bonds. The fraction of sp³-hybridized carbons (Fsp3) is 1.00. The van der Waals surface area contributed by atoms with Gasteiger partial charge in [0.15, 0.2) is 0 Å². The molecule has 0 aromatic carbocycles. The van der Waals surface area contributed by atoms with Crippen molar-refractivity contribution in [2.24, 2.45) is 11.5 Å². The first-order chi connectivity index (χ1) is 6.18. The number of nitrogens with two attached hydrogens (primary N) is 2. The first-order valence-electron chi connectivity index (χ1n) is 5.15. The summed E-state index contributed by atoms with van der Waals surface area (Å²) in [6.45, 7) is 3.38. The van der Waals surface area contributed by atoms with Crippen molar-refractivity contribution in [2.45, 2.75) is 26.2 Å². The fourth-order valence-corrected chi connectivity index (χ4v) is 4.51. The topological polar surface area (TPSA) is 69.1 Å². The van der Waals surface area contributed by atoms with Crippen LogP contribution in [-0.4, -0.2) is 31.6 Å². The first kappa shape index (κ1) is 13.2. The third-order valence-electron chi connectivity index (χ3n) is 2.17. The minimum Gasteiger partial charge on any atom is -0.330 e. The van der Waals surface area contributed by atoms with Crippen molar-refractivity contribution in [3.63, 3.8) is 0 Å².